The first kappa shape index (κ1) is 4.85. The summed E-state index contributed by atoms with van der Waals surface area (Å²) in [5, 5.41) is 0. The van der Waals surface area contributed by atoms with Crippen LogP contribution in [0.2, 0.25) is 0 Å². The molecule has 0 aliphatic carbocycles. The molecule has 1 unspecified atom stereocenters. The molecule has 0 aromatic heterocycles. The number of fused-ring (bicyclic) bond motifs is 1. The molecule has 3 nitrogen and oxygen atoms in total. The maximum absolute atomic E-state index is 10.7. The third-order valence-electron chi connectivity index (χ3n) is 1.92. The molecule has 0 radical (unpaired) electrons. The molecule has 0 bridgehead atoms. The Morgan fingerprint density at radius 2 is 2.56 bits per heavy atom. The van der Waals surface area contributed by atoms with E-state index in [1.165, 1.54) is 0 Å². The Morgan fingerprint density at radius 3 is 3.00 bits per heavy atom. The standard InChI is InChI=1S/C6H8N2O/c7-5-2-1-4-3-6(9)8(4)5/h2,4H,1,3,7H2. The van der Waals surface area contributed by atoms with Crippen LogP contribution in [0.5, 0.6) is 0 Å². The molecule has 0 spiro atoms. The van der Waals surface area contributed by atoms with Crippen molar-refractivity contribution in [3.8, 4) is 0 Å². The van der Waals surface area contributed by atoms with E-state index in [2.05, 4.69) is 0 Å². The Bertz CT molecular complexity index is 197. The van der Waals surface area contributed by atoms with Crippen LogP contribution in [-0.2, 0) is 4.79 Å². The van der Waals surface area contributed by atoms with Gasteiger partial charge in [0.15, 0.2) is 0 Å². The first-order chi connectivity index (χ1) is 4.29. The van der Waals surface area contributed by atoms with Crippen molar-refractivity contribution in [2.45, 2.75) is 18.9 Å². The van der Waals surface area contributed by atoms with Gasteiger partial charge >= 0.3 is 0 Å². The normalized spacial score (nSPS) is 31.6. The molecule has 1 atom stereocenters. The first-order valence-corrected chi connectivity index (χ1v) is 3.07. The third-order valence-corrected chi connectivity index (χ3v) is 1.92. The highest BCUT2D eigenvalue weighted by molar-refractivity contribution is 5.85. The van der Waals surface area contributed by atoms with Gasteiger partial charge in [0.25, 0.3) is 0 Å². The SMILES string of the molecule is NC1=CCC2CC(=O)N12. The number of rotatable bonds is 0. The topological polar surface area (TPSA) is 46.3 Å². The summed E-state index contributed by atoms with van der Waals surface area (Å²) in [5.41, 5.74) is 5.48. The molecule has 2 heterocycles. The number of hydrogen-bond donors (Lipinski definition) is 1. The highest BCUT2D eigenvalue weighted by atomic mass is 16.2. The molecule has 1 amide bonds. The van der Waals surface area contributed by atoms with Crippen LogP contribution in [0, 0.1) is 0 Å². The fourth-order valence-electron chi connectivity index (χ4n) is 1.38. The van der Waals surface area contributed by atoms with E-state index < -0.39 is 0 Å². The fourth-order valence-corrected chi connectivity index (χ4v) is 1.38. The van der Waals surface area contributed by atoms with Crippen LogP contribution < -0.4 is 5.73 Å². The highest BCUT2D eigenvalue weighted by Gasteiger charge is 2.40. The van der Waals surface area contributed by atoms with Gasteiger partial charge in [-0.3, -0.25) is 9.69 Å². The molecule has 48 valence electrons. The first-order valence-electron chi connectivity index (χ1n) is 3.07. The summed E-state index contributed by atoms with van der Waals surface area (Å²) in [6.07, 6.45) is 3.56. The van der Waals surface area contributed by atoms with Gasteiger partial charge in [-0.15, -0.1) is 0 Å². The molecule has 2 aliphatic rings. The smallest absolute Gasteiger partial charge is 0.230 e. The molecule has 0 aromatic carbocycles. The highest BCUT2D eigenvalue weighted by Crippen LogP contribution is 2.30. The number of nitrogens with two attached hydrogens (primary N) is 1. The van der Waals surface area contributed by atoms with Crippen molar-refractivity contribution in [1.29, 1.82) is 0 Å². The van der Waals surface area contributed by atoms with Crippen LogP contribution in [0.3, 0.4) is 0 Å². The van der Waals surface area contributed by atoms with Crippen molar-refractivity contribution < 1.29 is 4.79 Å². The third kappa shape index (κ3) is 0.439. The van der Waals surface area contributed by atoms with Gasteiger partial charge in [-0.2, -0.15) is 0 Å². The van der Waals surface area contributed by atoms with E-state index in [4.69, 9.17) is 5.73 Å². The van der Waals surface area contributed by atoms with Crippen LogP contribution in [0.1, 0.15) is 12.8 Å². The summed E-state index contributed by atoms with van der Waals surface area (Å²) < 4.78 is 0. The van der Waals surface area contributed by atoms with Crippen LogP contribution >= 0.6 is 0 Å². The summed E-state index contributed by atoms with van der Waals surface area (Å²) in [6, 6.07) is 0.414. The lowest BCUT2D eigenvalue weighted by molar-refractivity contribution is -0.141. The molecule has 3 heteroatoms. The monoisotopic (exact) mass is 124 g/mol. The predicted octanol–water partition coefficient (Wildman–Crippen LogP) is -0.209. The molecule has 9 heavy (non-hydrogen) atoms. The number of nitrogens with zero attached hydrogens (tertiary/aromatic N) is 1. The van der Waals surface area contributed by atoms with Gasteiger partial charge in [0.2, 0.25) is 5.91 Å². The number of amides is 1. The zero-order valence-corrected chi connectivity index (χ0v) is 5.00. The molecule has 1 fully saturated rings. The van der Waals surface area contributed by atoms with E-state index in [1.807, 2.05) is 6.08 Å². The van der Waals surface area contributed by atoms with Crippen molar-refractivity contribution in [2.24, 2.45) is 5.73 Å². The van der Waals surface area contributed by atoms with Gasteiger partial charge in [-0.1, -0.05) is 0 Å². The van der Waals surface area contributed by atoms with E-state index >= 15 is 0 Å². The second kappa shape index (κ2) is 1.29. The largest absolute Gasteiger partial charge is 0.385 e. The summed E-state index contributed by atoms with van der Waals surface area (Å²) in [4.78, 5) is 12.4. The average Bonchev–Trinajstić information content (AvgIpc) is 2.04. The minimum absolute atomic E-state index is 0.172. The maximum atomic E-state index is 10.7. The minimum atomic E-state index is 0.172. The molecular weight excluding hydrogens is 116 g/mol. The van der Waals surface area contributed by atoms with Crippen molar-refractivity contribution >= 4 is 5.91 Å². The Hall–Kier alpha value is -0.990. The Kier molecular flexibility index (Phi) is 0.695. The van der Waals surface area contributed by atoms with Gasteiger partial charge in [-0.25, -0.2) is 0 Å². The fraction of sp³-hybridized carbons (Fsp3) is 0.500. The molecule has 2 rings (SSSR count). The molecule has 0 saturated carbocycles. The summed E-state index contributed by atoms with van der Waals surface area (Å²) in [7, 11) is 0. The zero-order valence-electron chi connectivity index (χ0n) is 5.00. The Balaban J connectivity index is 2.24. The minimum Gasteiger partial charge on any atom is -0.385 e. The molecule has 2 aliphatic heterocycles. The summed E-state index contributed by atoms with van der Waals surface area (Å²) in [6.45, 7) is 0. The molecular formula is C6H8N2O. The molecule has 2 N–H and O–H groups in total. The van der Waals surface area contributed by atoms with E-state index in [-0.39, 0.29) is 5.91 Å². The van der Waals surface area contributed by atoms with Crippen molar-refractivity contribution in [1.82, 2.24) is 4.90 Å². The van der Waals surface area contributed by atoms with Crippen molar-refractivity contribution in [2.75, 3.05) is 0 Å². The van der Waals surface area contributed by atoms with Crippen molar-refractivity contribution in [3.63, 3.8) is 0 Å². The van der Waals surface area contributed by atoms with E-state index in [9.17, 15) is 4.79 Å². The van der Waals surface area contributed by atoms with Gasteiger partial charge in [0.05, 0.1) is 6.04 Å². The second-order valence-corrected chi connectivity index (χ2v) is 2.49. The lowest BCUT2D eigenvalue weighted by Gasteiger charge is -2.35. The van der Waals surface area contributed by atoms with Gasteiger partial charge in [0.1, 0.15) is 5.82 Å². The summed E-state index contributed by atoms with van der Waals surface area (Å²) >= 11 is 0. The number of carbonyl (C=O) groups is 1. The van der Waals surface area contributed by atoms with Gasteiger partial charge in [0, 0.05) is 6.42 Å². The predicted molar refractivity (Wildman–Crippen MR) is 32.1 cm³/mol. The number of β-lactam (4-membered cyclic amide) rings is 1. The average molecular weight is 124 g/mol. The van der Waals surface area contributed by atoms with E-state index in [0.29, 0.717) is 18.3 Å². The lowest BCUT2D eigenvalue weighted by atomic mass is 10.0. The summed E-state index contributed by atoms with van der Waals surface area (Å²) in [5.74, 6) is 0.822. The Labute approximate surface area is 53.1 Å². The Morgan fingerprint density at radius 1 is 1.78 bits per heavy atom. The molecule has 1 saturated heterocycles. The van der Waals surface area contributed by atoms with Crippen LogP contribution in [0.25, 0.3) is 0 Å². The van der Waals surface area contributed by atoms with Crippen LogP contribution in [0.4, 0.5) is 0 Å². The van der Waals surface area contributed by atoms with Gasteiger partial charge in [-0.05, 0) is 12.5 Å². The van der Waals surface area contributed by atoms with E-state index in [0.717, 1.165) is 6.42 Å². The maximum Gasteiger partial charge on any atom is 0.230 e. The lowest BCUT2D eigenvalue weighted by Crippen LogP contribution is -2.49. The van der Waals surface area contributed by atoms with E-state index in [1.54, 1.807) is 4.90 Å². The zero-order chi connectivity index (χ0) is 6.43. The number of hydrogen-bond acceptors (Lipinski definition) is 2. The van der Waals surface area contributed by atoms with Crippen molar-refractivity contribution in [3.05, 3.63) is 11.9 Å². The van der Waals surface area contributed by atoms with Crippen LogP contribution in [0.15, 0.2) is 11.9 Å². The second-order valence-electron chi connectivity index (χ2n) is 2.49. The quantitative estimate of drug-likeness (QED) is 0.454. The molecule has 0 aromatic rings. The number of carbonyl (C=O) groups excluding carboxylic acids is 1. The van der Waals surface area contributed by atoms with Gasteiger partial charge < -0.3 is 5.73 Å². The van der Waals surface area contributed by atoms with Crippen LogP contribution in [-0.4, -0.2) is 16.8 Å².